The van der Waals surface area contributed by atoms with Gasteiger partial charge in [-0.3, -0.25) is 0 Å². The van der Waals surface area contributed by atoms with Gasteiger partial charge in [0.2, 0.25) is 0 Å². The molecule has 0 amide bonds. The molecule has 72 valence electrons. The van der Waals surface area contributed by atoms with Crippen LogP contribution in [-0.4, -0.2) is 0 Å². The van der Waals surface area contributed by atoms with Gasteiger partial charge in [0.05, 0.1) is 0 Å². The summed E-state index contributed by atoms with van der Waals surface area (Å²) in [6.45, 7) is 6.61. The number of hydrogen-bond acceptors (Lipinski definition) is 0. The summed E-state index contributed by atoms with van der Waals surface area (Å²) >= 11 is 0. The molecule has 1 heteroatoms. The van der Waals surface area contributed by atoms with E-state index in [1.54, 1.807) is 0 Å². The van der Waals surface area contributed by atoms with Crippen LogP contribution >= 0.6 is 0 Å². The molecule has 1 nitrogen and oxygen atoms in total. The molecule has 0 aromatic heterocycles. The minimum absolute atomic E-state index is 0.446. The predicted octanol–water partition coefficient (Wildman–Crippen LogP) is 2.50. The summed E-state index contributed by atoms with van der Waals surface area (Å²) in [4.78, 5) is 0. The molecule has 1 aromatic rings. The van der Waals surface area contributed by atoms with Gasteiger partial charge in [-0.25, -0.2) is 0 Å². The quantitative estimate of drug-likeness (QED) is 0.736. The highest BCUT2D eigenvalue weighted by atomic mass is 14.6. The van der Waals surface area contributed by atoms with E-state index in [4.69, 9.17) is 0 Å². The number of quaternary nitrogens is 1. The van der Waals surface area contributed by atoms with E-state index in [9.17, 15) is 0 Å². The normalized spacial score (nSPS) is 13.3. The van der Waals surface area contributed by atoms with E-state index in [-0.39, 0.29) is 0 Å². The Morgan fingerprint density at radius 1 is 1.08 bits per heavy atom. The van der Waals surface area contributed by atoms with Gasteiger partial charge in [-0.2, -0.15) is 0 Å². The first kappa shape index (κ1) is 10.3. The first-order valence-corrected chi connectivity index (χ1v) is 5.08. The predicted molar refractivity (Wildman–Crippen MR) is 56.5 cm³/mol. The van der Waals surface area contributed by atoms with Crippen LogP contribution in [0.3, 0.4) is 0 Å². The molecule has 0 heterocycles. The van der Waals surface area contributed by atoms with Crippen molar-refractivity contribution in [2.45, 2.75) is 39.2 Å². The van der Waals surface area contributed by atoms with Crippen LogP contribution in [0.25, 0.3) is 0 Å². The molecule has 1 rings (SSSR count). The Hall–Kier alpha value is -0.820. The summed E-state index contributed by atoms with van der Waals surface area (Å²) in [5.74, 6) is 0.624. The largest absolute Gasteiger partial charge is 0.351 e. The lowest BCUT2D eigenvalue weighted by Gasteiger charge is -2.08. The van der Waals surface area contributed by atoms with E-state index < -0.39 is 0 Å². The summed E-state index contributed by atoms with van der Waals surface area (Å²) in [6.07, 6.45) is 1.11. The molecule has 0 spiro atoms. The van der Waals surface area contributed by atoms with Crippen molar-refractivity contribution in [3.63, 3.8) is 0 Å². The van der Waals surface area contributed by atoms with Crippen LogP contribution in [0.2, 0.25) is 0 Å². The molecule has 0 radical (unpaired) electrons. The van der Waals surface area contributed by atoms with Crippen molar-refractivity contribution in [3.05, 3.63) is 35.4 Å². The second-order valence-electron chi connectivity index (χ2n) is 3.93. The fraction of sp³-hybridized carbons (Fsp3) is 0.500. The van der Waals surface area contributed by atoms with E-state index in [0.29, 0.717) is 12.0 Å². The first-order valence-electron chi connectivity index (χ1n) is 5.08. The summed E-state index contributed by atoms with van der Waals surface area (Å²) in [6, 6.07) is 9.29. The smallest absolute Gasteiger partial charge is 0.110 e. The highest BCUT2D eigenvalue weighted by Crippen LogP contribution is 2.17. The van der Waals surface area contributed by atoms with Gasteiger partial charge in [-0.15, -0.1) is 0 Å². The van der Waals surface area contributed by atoms with Crippen molar-refractivity contribution in [2.75, 3.05) is 0 Å². The molecular formula is C12H20N+. The summed E-state index contributed by atoms with van der Waals surface area (Å²) in [5, 5.41) is 0. The van der Waals surface area contributed by atoms with Crippen molar-refractivity contribution >= 4 is 0 Å². The Morgan fingerprint density at radius 3 is 1.92 bits per heavy atom. The van der Waals surface area contributed by atoms with E-state index in [1.807, 2.05) is 0 Å². The zero-order chi connectivity index (χ0) is 9.84. The van der Waals surface area contributed by atoms with Gasteiger partial charge in [-0.05, 0) is 11.5 Å². The molecule has 0 saturated heterocycles. The second kappa shape index (κ2) is 4.43. The maximum absolute atomic E-state index is 4.10. The number of benzene rings is 1. The van der Waals surface area contributed by atoms with Crippen molar-refractivity contribution in [2.24, 2.45) is 0 Å². The van der Waals surface area contributed by atoms with Gasteiger partial charge in [0, 0.05) is 12.0 Å². The third-order valence-corrected chi connectivity index (χ3v) is 2.57. The van der Waals surface area contributed by atoms with Gasteiger partial charge in [0.15, 0.2) is 0 Å². The monoisotopic (exact) mass is 178 g/mol. The van der Waals surface area contributed by atoms with Crippen molar-refractivity contribution in [1.29, 1.82) is 0 Å². The van der Waals surface area contributed by atoms with Crippen molar-refractivity contribution in [1.82, 2.24) is 0 Å². The standard InChI is InChI=1S/C12H19N/c1-4-12(13)11-7-5-10(6-8-11)9(2)3/h5-9,12H,4,13H2,1-3H3/p+1/t12-/m1/s1. The Balaban J connectivity index is 2.81. The molecule has 0 aliphatic rings. The second-order valence-corrected chi connectivity index (χ2v) is 3.93. The van der Waals surface area contributed by atoms with Crippen LogP contribution in [0.4, 0.5) is 0 Å². The molecule has 0 bridgehead atoms. The average molecular weight is 178 g/mol. The Kier molecular flexibility index (Phi) is 3.49. The molecule has 1 atom stereocenters. The van der Waals surface area contributed by atoms with Crippen LogP contribution in [0.1, 0.15) is 50.3 Å². The Labute approximate surface area is 81.0 Å². The van der Waals surface area contributed by atoms with E-state index in [2.05, 4.69) is 50.8 Å². The molecule has 0 saturated carbocycles. The molecule has 3 N–H and O–H groups in total. The minimum atomic E-state index is 0.446. The molecule has 0 aliphatic heterocycles. The van der Waals surface area contributed by atoms with Gasteiger partial charge < -0.3 is 5.73 Å². The number of hydrogen-bond donors (Lipinski definition) is 1. The zero-order valence-electron chi connectivity index (χ0n) is 8.88. The van der Waals surface area contributed by atoms with Crippen LogP contribution in [0.5, 0.6) is 0 Å². The molecular weight excluding hydrogens is 158 g/mol. The van der Waals surface area contributed by atoms with E-state index in [1.165, 1.54) is 11.1 Å². The minimum Gasteiger partial charge on any atom is -0.351 e. The van der Waals surface area contributed by atoms with Crippen LogP contribution in [-0.2, 0) is 0 Å². The Morgan fingerprint density at radius 2 is 1.54 bits per heavy atom. The van der Waals surface area contributed by atoms with Crippen LogP contribution in [0.15, 0.2) is 24.3 Å². The average Bonchev–Trinajstić information content (AvgIpc) is 2.17. The fourth-order valence-electron chi connectivity index (χ4n) is 1.39. The lowest BCUT2D eigenvalue weighted by atomic mass is 9.98. The molecule has 1 aromatic carbocycles. The SMILES string of the molecule is CC[C@@H]([NH3+])c1ccc(C(C)C)cc1. The van der Waals surface area contributed by atoms with E-state index in [0.717, 1.165) is 6.42 Å². The Bertz CT molecular complexity index is 248. The fourth-order valence-corrected chi connectivity index (χ4v) is 1.39. The lowest BCUT2D eigenvalue weighted by molar-refractivity contribution is -0.427. The van der Waals surface area contributed by atoms with Crippen LogP contribution < -0.4 is 5.73 Å². The van der Waals surface area contributed by atoms with Crippen molar-refractivity contribution < 1.29 is 5.73 Å². The summed E-state index contributed by atoms with van der Waals surface area (Å²) in [5.41, 5.74) is 6.86. The highest BCUT2D eigenvalue weighted by Gasteiger charge is 2.06. The lowest BCUT2D eigenvalue weighted by Crippen LogP contribution is -2.53. The van der Waals surface area contributed by atoms with Gasteiger partial charge in [0.1, 0.15) is 6.04 Å². The molecule has 13 heavy (non-hydrogen) atoms. The zero-order valence-corrected chi connectivity index (χ0v) is 8.88. The summed E-state index contributed by atoms with van der Waals surface area (Å²) in [7, 11) is 0. The van der Waals surface area contributed by atoms with E-state index >= 15 is 0 Å². The van der Waals surface area contributed by atoms with Gasteiger partial charge in [-0.1, -0.05) is 45.0 Å². The molecule has 0 aliphatic carbocycles. The topological polar surface area (TPSA) is 27.6 Å². The third kappa shape index (κ3) is 2.56. The maximum Gasteiger partial charge on any atom is 0.110 e. The third-order valence-electron chi connectivity index (χ3n) is 2.57. The van der Waals surface area contributed by atoms with Crippen molar-refractivity contribution in [3.8, 4) is 0 Å². The molecule has 0 fully saturated rings. The van der Waals surface area contributed by atoms with Crippen LogP contribution in [0, 0.1) is 0 Å². The highest BCUT2D eigenvalue weighted by molar-refractivity contribution is 5.25. The number of rotatable bonds is 3. The molecule has 0 unspecified atom stereocenters. The summed E-state index contributed by atoms with van der Waals surface area (Å²) < 4.78 is 0. The first-order chi connectivity index (χ1) is 6.15. The van der Waals surface area contributed by atoms with Gasteiger partial charge >= 0.3 is 0 Å². The van der Waals surface area contributed by atoms with Gasteiger partial charge in [0.25, 0.3) is 0 Å². The maximum atomic E-state index is 4.10.